The van der Waals surface area contributed by atoms with Gasteiger partial charge in [-0.05, 0) is 68.1 Å². The van der Waals surface area contributed by atoms with E-state index in [2.05, 4.69) is 5.09 Å². The molecule has 4 saturated heterocycles. The third-order valence-corrected chi connectivity index (χ3v) is 13.4. The Bertz CT molecular complexity index is 1890. The Balaban J connectivity index is 0.000000409. The zero-order valence-corrected chi connectivity index (χ0v) is 42.4. The van der Waals surface area contributed by atoms with E-state index < -0.39 is 91.0 Å². The molecule has 2 aromatic carbocycles. The molecule has 1 aliphatic carbocycles. The van der Waals surface area contributed by atoms with Crippen LogP contribution in [0.25, 0.3) is 12.3 Å². The zero-order chi connectivity index (χ0) is 46.0. The number of halogens is 4. The fraction of sp³-hybridized carbons (Fsp3) is 0.641. The predicted octanol–water partition coefficient (Wildman–Crippen LogP) is 6.63. The van der Waals surface area contributed by atoms with E-state index in [0.717, 1.165) is 13.0 Å². The monoisotopic (exact) mass is 1200 g/mol. The number of ether oxygens (including phenoxy) is 9. The van der Waals surface area contributed by atoms with Crippen LogP contribution in [0.3, 0.4) is 0 Å². The number of aliphatic hydroxyl groups is 2. The number of Topliss-reactive ketones (excluding diaryl/α,β-unsaturated/α-hetero) is 1. The number of carbonyl (C=O) groups excluding carboxylic acids is 2. The van der Waals surface area contributed by atoms with Crippen LogP contribution < -0.4 is 24.0 Å². The molecule has 8 N–H and O–H groups in total. The van der Waals surface area contributed by atoms with Crippen LogP contribution in [0, 0.1) is 11.8 Å². The molecule has 0 amide bonds. The van der Waals surface area contributed by atoms with E-state index in [9.17, 15) is 29.5 Å². The number of carbonyl (C=O) groups is 2. The Morgan fingerprint density at radius 2 is 1.57 bits per heavy atom. The molecule has 65 heavy (non-hydrogen) atoms. The Morgan fingerprint density at radius 1 is 0.954 bits per heavy atom. The standard InChI is InChI=1S/C29H32O13.C7H15Cl2N2O2P.C3H6O.2ClH.2H2N.Pt/c1-11-36-9-20-27(40-11)24(31)25(32)29(41-20)42-26-14-7-17-16(38-10-39-17)6-13(14)21(22-15(26)8-37-28(22)33)12-4-18(34-2)23(30)19(5-12)35-3;8-2-4-10-14(12)11(6-3-9)5-1-7-13-14;1-3(2)4;;;;;/h4-7,11,15,20-22,24-27,29-32H,8-10H2,1-3H3;1-7H2,(H,10,12);1-2H3;2*1H;2*1H2;/q;;;;;2*-1;+4/p-2/t11-,15+,20-,21-,22+,24-,25-,26?,27-,29+;;;;;;;/m1......./s1. The number of rotatable bonds is 10. The number of phenolic OH excluding ortho intramolecular Hbond substituents is 1. The van der Waals surface area contributed by atoms with Gasteiger partial charge in [0.25, 0.3) is 0 Å². The number of methoxy groups -OCH3 is 2. The van der Waals surface area contributed by atoms with Crippen LogP contribution in [0.5, 0.6) is 28.7 Å². The maximum absolute atomic E-state index is 13.4. The van der Waals surface area contributed by atoms with E-state index in [4.69, 9.17) is 89.2 Å². The second-order valence-corrected chi connectivity index (χ2v) is 21.1. The molecule has 0 spiro atoms. The first kappa shape index (κ1) is 57.5. The van der Waals surface area contributed by atoms with E-state index in [1.807, 2.05) is 0 Å². The van der Waals surface area contributed by atoms with Crippen LogP contribution in [0.1, 0.15) is 55.9 Å². The topological polar surface area (TPSA) is 286 Å². The fourth-order valence-electron chi connectivity index (χ4n) is 8.05. The predicted molar refractivity (Wildman–Crippen MR) is 236 cm³/mol. The minimum Gasteiger partial charge on any atom is -0.693 e. The summed E-state index contributed by atoms with van der Waals surface area (Å²) >= 11 is 10.7. The Morgan fingerprint density at radius 3 is 2.15 bits per heavy atom. The number of nitrogens with zero attached hydrogens (tertiary/aromatic N) is 1. The molecule has 5 heterocycles. The largest absolute Gasteiger partial charge is 0.693 e. The van der Waals surface area contributed by atoms with E-state index >= 15 is 0 Å². The molecule has 0 radical (unpaired) electrons. The Hall–Kier alpha value is -1.78. The zero-order valence-electron chi connectivity index (χ0n) is 36.2. The molecular formula is C39H57Cl4N4O16PPt. The molecule has 372 valence electrons. The average molecular weight is 1210 g/mol. The van der Waals surface area contributed by atoms with Gasteiger partial charge in [0.1, 0.15) is 30.2 Å². The first-order chi connectivity index (χ1) is 30.2. The minimum absolute atomic E-state index is 0. The smallest absolute Gasteiger partial charge is 0.693 e. The minimum atomic E-state index is -2.84. The first-order valence-electron chi connectivity index (χ1n) is 19.8. The van der Waals surface area contributed by atoms with E-state index in [-0.39, 0.29) is 55.3 Å². The summed E-state index contributed by atoms with van der Waals surface area (Å²) in [5.74, 6) is 0.0148. The molecular weight excluding hydrogens is 1150 g/mol. The maximum atomic E-state index is 13.4. The molecule has 11 atom stereocenters. The number of hydrogen-bond donors (Lipinski definition) is 4. The molecule has 5 aliphatic heterocycles. The number of alkyl halides is 2. The number of cyclic esters (lactones) is 1. The Kier molecular flexibility index (Phi) is 23.8. The molecule has 2 unspecified atom stereocenters. The summed E-state index contributed by atoms with van der Waals surface area (Å²) < 4.78 is 70.8. The number of nitrogens with two attached hydrogens (primary N) is 2. The van der Waals surface area contributed by atoms with Crippen molar-refractivity contribution in [3.63, 3.8) is 0 Å². The van der Waals surface area contributed by atoms with Crippen molar-refractivity contribution < 1.29 is 93.1 Å². The normalized spacial score (nSPS) is 30.6. The van der Waals surface area contributed by atoms with Gasteiger partial charge in [0.2, 0.25) is 12.5 Å². The number of benzene rings is 2. The van der Waals surface area contributed by atoms with Crippen LogP contribution in [0.2, 0.25) is 0 Å². The van der Waals surface area contributed by atoms with Gasteiger partial charge < -0.3 is 79.6 Å². The maximum Gasteiger partial charge on any atom is -0.693 e. The van der Waals surface area contributed by atoms with Gasteiger partial charge in [0.15, 0.2) is 35.6 Å². The van der Waals surface area contributed by atoms with Gasteiger partial charge in [-0.15, -0.1) is 23.2 Å². The van der Waals surface area contributed by atoms with Gasteiger partial charge in [0.05, 0.1) is 46.1 Å². The van der Waals surface area contributed by atoms with Crippen molar-refractivity contribution in [1.82, 2.24) is 9.76 Å². The number of aromatic hydroxyl groups is 1. The summed E-state index contributed by atoms with van der Waals surface area (Å²) in [5, 5.41) is 35.4. The number of nitrogens with one attached hydrogen (secondary N) is 1. The number of ketones is 1. The quantitative estimate of drug-likeness (QED) is 0.110. The summed E-state index contributed by atoms with van der Waals surface area (Å²) in [6.45, 7) is 7.34. The second kappa shape index (κ2) is 26.8. The van der Waals surface area contributed by atoms with Crippen LogP contribution >= 0.6 is 49.7 Å². The number of hydrogen-bond acceptors (Lipinski definition) is 16. The molecule has 0 saturated carbocycles. The van der Waals surface area contributed by atoms with Gasteiger partial charge in [-0.3, -0.25) is 9.36 Å². The Labute approximate surface area is 404 Å². The first-order valence-corrected chi connectivity index (χ1v) is 28.1. The van der Waals surface area contributed by atoms with Gasteiger partial charge in [-0.2, -0.15) is 0 Å². The number of fused-ring (bicyclic) bond motifs is 4. The summed E-state index contributed by atoms with van der Waals surface area (Å²) in [6.07, 6.45) is -5.90. The SMILES string of the molecule is CC(C)=O.COc1cc([C@@H]2c3cc4c(cc3C(O[C@@H]3O[C@@H]5CO[C@@H](C)O[C@H]5[C@H](O)[C@H]3O)[C@H]3COC(=O)[C@H]23)OCO4)cc(OC)c1O.O=P1(NCCCl)OCCCN1CCCl.[Cl][Pt+2][Cl].[NH2-].[NH2-]. The van der Waals surface area contributed by atoms with Crippen molar-refractivity contribution in [2.75, 3.05) is 72.2 Å². The second-order valence-electron chi connectivity index (χ2n) is 14.9. The summed E-state index contributed by atoms with van der Waals surface area (Å²) in [7, 11) is 9.77. The van der Waals surface area contributed by atoms with Crippen molar-refractivity contribution in [2.45, 2.75) is 76.2 Å². The van der Waals surface area contributed by atoms with Crippen LogP contribution in [0.4, 0.5) is 0 Å². The molecule has 2 aromatic rings. The fourth-order valence-corrected chi connectivity index (χ4v) is 10.6. The van der Waals surface area contributed by atoms with Crippen LogP contribution in [0.15, 0.2) is 24.3 Å². The van der Waals surface area contributed by atoms with Crippen LogP contribution in [-0.2, 0) is 58.8 Å². The van der Waals surface area contributed by atoms with E-state index in [1.54, 1.807) is 35.9 Å². The molecule has 0 aromatic heterocycles. The molecule has 4 fully saturated rings. The average Bonchev–Trinajstić information content (AvgIpc) is 3.89. The summed E-state index contributed by atoms with van der Waals surface area (Å²) in [5.41, 5.74) is 2.01. The van der Waals surface area contributed by atoms with Gasteiger partial charge in [0, 0.05) is 43.2 Å². The summed E-state index contributed by atoms with van der Waals surface area (Å²) in [6, 6.07) is 6.93. The van der Waals surface area contributed by atoms with Crippen molar-refractivity contribution >= 4 is 61.5 Å². The number of phenols is 1. The molecule has 26 heteroatoms. The van der Waals surface area contributed by atoms with Crippen molar-refractivity contribution in [3.8, 4) is 28.7 Å². The molecule has 6 aliphatic rings. The van der Waals surface area contributed by atoms with Crippen molar-refractivity contribution in [3.05, 3.63) is 53.3 Å². The van der Waals surface area contributed by atoms with Gasteiger partial charge in [-0.25, -0.2) is 9.76 Å². The third kappa shape index (κ3) is 13.7. The van der Waals surface area contributed by atoms with Gasteiger partial charge >= 0.3 is 49.0 Å². The third-order valence-electron chi connectivity index (χ3n) is 10.7. The van der Waals surface area contributed by atoms with E-state index in [0.29, 0.717) is 59.6 Å². The number of aliphatic hydroxyl groups excluding tert-OH is 2. The molecule has 20 nitrogen and oxygen atoms in total. The van der Waals surface area contributed by atoms with Crippen molar-refractivity contribution in [2.24, 2.45) is 11.8 Å². The van der Waals surface area contributed by atoms with Crippen molar-refractivity contribution in [1.29, 1.82) is 0 Å². The van der Waals surface area contributed by atoms with Gasteiger partial charge in [-0.1, -0.05) is 0 Å². The molecule has 0 bridgehead atoms. The van der Waals surface area contributed by atoms with Crippen LogP contribution in [-0.4, -0.2) is 141 Å². The molecule has 8 rings (SSSR count). The summed E-state index contributed by atoms with van der Waals surface area (Å²) in [4.78, 5) is 22.8. The number of esters is 1. The van der Waals surface area contributed by atoms with E-state index in [1.165, 1.54) is 28.1 Å².